The number of nitrogens with zero attached hydrogens (tertiary/aromatic N) is 1. The van der Waals surface area contributed by atoms with E-state index in [1.807, 2.05) is 0 Å². The van der Waals surface area contributed by atoms with Crippen LogP contribution in [0.1, 0.15) is 19.3 Å². The molecule has 0 aliphatic carbocycles. The van der Waals surface area contributed by atoms with Crippen LogP contribution in [0.4, 0.5) is 4.79 Å². The van der Waals surface area contributed by atoms with Gasteiger partial charge >= 0.3 is 12.1 Å². The summed E-state index contributed by atoms with van der Waals surface area (Å²) in [4.78, 5) is 24.1. The zero-order valence-electron chi connectivity index (χ0n) is 10.3. The Hall–Kier alpha value is -1.30. The summed E-state index contributed by atoms with van der Waals surface area (Å²) in [5, 5.41) is 0. The number of hydrogen-bond donors (Lipinski definition) is 1. The smallest absolute Gasteiger partial charge is 0.409 e. The lowest BCUT2D eigenvalue weighted by Gasteiger charge is -2.35. The molecule has 6 nitrogen and oxygen atoms in total. The van der Waals surface area contributed by atoms with Crippen LogP contribution in [0, 0.1) is 5.92 Å². The molecule has 1 rings (SSSR count). The van der Waals surface area contributed by atoms with Gasteiger partial charge in [0, 0.05) is 25.6 Å². The van der Waals surface area contributed by atoms with E-state index in [0.717, 1.165) is 6.42 Å². The van der Waals surface area contributed by atoms with Crippen LogP contribution in [0.2, 0.25) is 0 Å². The SMILES string of the molecule is COC(=O)CCC1CC(N)CN(C(=O)OC)C1. The fourth-order valence-electron chi connectivity index (χ4n) is 2.16. The Morgan fingerprint density at radius 2 is 2.00 bits per heavy atom. The predicted octanol–water partition coefficient (Wildman–Crippen LogP) is 0.355. The summed E-state index contributed by atoms with van der Waals surface area (Å²) in [5.41, 5.74) is 5.88. The molecule has 2 atom stereocenters. The van der Waals surface area contributed by atoms with E-state index in [-0.39, 0.29) is 24.0 Å². The fraction of sp³-hybridized carbons (Fsp3) is 0.818. The van der Waals surface area contributed by atoms with E-state index in [4.69, 9.17) is 5.73 Å². The number of nitrogens with two attached hydrogens (primary N) is 1. The number of hydrogen-bond acceptors (Lipinski definition) is 5. The van der Waals surface area contributed by atoms with E-state index >= 15 is 0 Å². The molecule has 1 aliphatic heterocycles. The van der Waals surface area contributed by atoms with Gasteiger partial charge in [0.1, 0.15) is 0 Å². The fourth-order valence-corrected chi connectivity index (χ4v) is 2.16. The Balaban J connectivity index is 2.44. The molecular formula is C11H20N2O4. The van der Waals surface area contributed by atoms with Crippen molar-refractivity contribution in [1.29, 1.82) is 0 Å². The van der Waals surface area contributed by atoms with Crippen molar-refractivity contribution >= 4 is 12.1 Å². The second-order valence-electron chi connectivity index (χ2n) is 4.35. The monoisotopic (exact) mass is 244 g/mol. The van der Waals surface area contributed by atoms with Gasteiger partial charge in [-0.2, -0.15) is 0 Å². The highest BCUT2D eigenvalue weighted by atomic mass is 16.5. The summed E-state index contributed by atoms with van der Waals surface area (Å²) in [7, 11) is 2.72. The van der Waals surface area contributed by atoms with Crippen LogP contribution in [-0.4, -0.2) is 50.3 Å². The molecule has 17 heavy (non-hydrogen) atoms. The molecule has 0 aromatic heterocycles. The minimum atomic E-state index is -0.358. The Labute approximate surface area is 101 Å². The first-order valence-electron chi connectivity index (χ1n) is 5.72. The molecule has 1 fully saturated rings. The van der Waals surface area contributed by atoms with Crippen LogP contribution in [0.25, 0.3) is 0 Å². The molecule has 1 saturated heterocycles. The van der Waals surface area contributed by atoms with Crippen LogP contribution < -0.4 is 5.73 Å². The van der Waals surface area contributed by atoms with Gasteiger partial charge in [-0.15, -0.1) is 0 Å². The van der Waals surface area contributed by atoms with Crippen LogP contribution in [0.15, 0.2) is 0 Å². The number of carbonyl (C=O) groups is 2. The summed E-state index contributed by atoms with van der Waals surface area (Å²) >= 11 is 0. The van der Waals surface area contributed by atoms with Crippen molar-refractivity contribution in [3.05, 3.63) is 0 Å². The third kappa shape index (κ3) is 4.22. The molecule has 0 aromatic rings. The first-order valence-corrected chi connectivity index (χ1v) is 5.72. The molecule has 0 aromatic carbocycles. The number of rotatable bonds is 3. The van der Waals surface area contributed by atoms with Gasteiger partial charge in [-0.25, -0.2) is 4.79 Å². The summed E-state index contributed by atoms with van der Waals surface area (Å²) < 4.78 is 9.26. The summed E-state index contributed by atoms with van der Waals surface area (Å²) in [6, 6.07) is -0.0505. The van der Waals surface area contributed by atoms with Crippen molar-refractivity contribution in [2.75, 3.05) is 27.3 Å². The van der Waals surface area contributed by atoms with Gasteiger partial charge in [0.2, 0.25) is 0 Å². The molecule has 2 unspecified atom stereocenters. The van der Waals surface area contributed by atoms with Gasteiger partial charge in [0.05, 0.1) is 14.2 Å². The minimum Gasteiger partial charge on any atom is -0.469 e. The Bertz CT molecular complexity index is 283. The van der Waals surface area contributed by atoms with Crippen LogP contribution >= 0.6 is 0 Å². The Kier molecular flexibility index (Phi) is 5.21. The number of methoxy groups -OCH3 is 2. The normalized spacial score (nSPS) is 24.3. The van der Waals surface area contributed by atoms with Crippen molar-refractivity contribution in [2.24, 2.45) is 11.7 Å². The highest BCUT2D eigenvalue weighted by molar-refractivity contribution is 5.69. The van der Waals surface area contributed by atoms with Gasteiger partial charge in [-0.1, -0.05) is 0 Å². The number of piperidine rings is 1. The molecule has 0 spiro atoms. The van der Waals surface area contributed by atoms with Gasteiger partial charge in [0.25, 0.3) is 0 Å². The van der Waals surface area contributed by atoms with Gasteiger partial charge in [0.15, 0.2) is 0 Å². The van der Waals surface area contributed by atoms with E-state index < -0.39 is 0 Å². The molecule has 1 heterocycles. The zero-order chi connectivity index (χ0) is 12.8. The molecule has 0 saturated carbocycles. The summed E-state index contributed by atoms with van der Waals surface area (Å²) in [6.07, 6.45) is 1.52. The van der Waals surface area contributed by atoms with Crippen LogP contribution in [0.3, 0.4) is 0 Å². The van der Waals surface area contributed by atoms with Crippen LogP contribution in [-0.2, 0) is 14.3 Å². The first kappa shape index (κ1) is 13.8. The maximum absolute atomic E-state index is 11.4. The Morgan fingerprint density at radius 3 is 2.59 bits per heavy atom. The maximum Gasteiger partial charge on any atom is 0.409 e. The molecule has 6 heteroatoms. The van der Waals surface area contributed by atoms with E-state index in [1.165, 1.54) is 14.2 Å². The standard InChI is InChI=1S/C11H20N2O4/c1-16-10(14)4-3-8-5-9(12)7-13(6-8)11(15)17-2/h8-9H,3-7,12H2,1-2H3. The van der Waals surface area contributed by atoms with E-state index in [0.29, 0.717) is 25.9 Å². The lowest BCUT2D eigenvalue weighted by Crippen LogP contribution is -2.49. The lowest BCUT2D eigenvalue weighted by molar-refractivity contribution is -0.141. The number of carbonyl (C=O) groups excluding carboxylic acids is 2. The summed E-state index contributed by atoms with van der Waals surface area (Å²) in [6.45, 7) is 1.11. The summed E-state index contributed by atoms with van der Waals surface area (Å²) in [5.74, 6) is 0.00529. The molecular weight excluding hydrogens is 224 g/mol. The number of likely N-dealkylation sites (tertiary alicyclic amines) is 1. The van der Waals surface area contributed by atoms with E-state index in [2.05, 4.69) is 9.47 Å². The highest BCUT2D eigenvalue weighted by Gasteiger charge is 2.28. The largest absolute Gasteiger partial charge is 0.469 e. The predicted molar refractivity (Wildman–Crippen MR) is 61.3 cm³/mol. The van der Waals surface area contributed by atoms with Gasteiger partial charge in [-0.3, -0.25) is 4.79 Å². The average molecular weight is 244 g/mol. The zero-order valence-corrected chi connectivity index (χ0v) is 10.3. The first-order chi connectivity index (χ1) is 8.06. The minimum absolute atomic E-state index is 0.0505. The van der Waals surface area contributed by atoms with Crippen molar-refractivity contribution < 1.29 is 19.1 Å². The van der Waals surface area contributed by atoms with Crippen molar-refractivity contribution in [1.82, 2.24) is 4.90 Å². The van der Waals surface area contributed by atoms with Crippen LogP contribution in [0.5, 0.6) is 0 Å². The van der Waals surface area contributed by atoms with Crippen molar-refractivity contribution in [3.63, 3.8) is 0 Å². The third-order valence-electron chi connectivity index (χ3n) is 2.99. The quantitative estimate of drug-likeness (QED) is 0.725. The molecule has 1 aliphatic rings. The average Bonchev–Trinajstić information content (AvgIpc) is 2.34. The molecule has 0 bridgehead atoms. The van der Waals surface area contributed by atoms with Crippen molar-refractivity contribution in [3.8, 4) is 0 Å². The number of esters is 1. The van der Waals surface area contributed by atoms with Gasteiger partial charge in [-0.05, 0) is 18.8 Å². The lowest BCUT2D eigenvalue weighted by atomic mass is 9.91. The highest BCUT2D eigenvalue weighted by Crippen LogP contribution is 2.21. The van der Waals surface area contributed by atoms with E-state index in [9.17, 15) is 9.59 Å². The van der Waals surface area contributed by atoms with Gasteiger partial charge < -0.3 is 20.1 Å². The maximum atomic E-state index is 11.4. The second kappa shape index (κ2) is 6.44. The second-order valence-corrected chi connectivity index (χ2v) is 4.35. The van der Waals surface area contributed by atoms with Crippen molar-refractivity contribution in [2.45, 2.75) is 25.3 Å². The Morgan fingerprint density at radius 1 is 1.29 bits per heavy atom. The molecule has 98 valence electrons. The van der Waals surface area contributed by atoms with E-state index in [1.54, 1.807) is 4.90 Å². The molecule has 1 amide bonds. The third-order valence-corrected chi connectivity index (χ3v) is 2.99. The molecule has 0 radical (unpaired) electrons. The number of amides is 1. The topological polar surface area (TPSA) is 81.9 Å². The number of ether oxygens (including phenoxy) is 2. The molecule has 2 N–H and O–H groups in total.